The van der Waals surface area contributed by atoms with Crippen molar-refractivity contribution in [2.45, 2.75) is 6.54 Å². The fourth-order valence-corrected chi connectivity index (χ4v) is 3.45. The molecule has 2 heterocycles. The molecule has 0 bridgehead atoms. The van der Waals surface area contributed by atoms with Crippen molar-refractivity contribution in [3.05, 3.63) is 58.4 Å². The van der Waals surface area contributed by atoms with Crippen LogP contribution in [0.5, 0.6) is 11.5 Å². The lowest BCUT2D eigenvalue weighted by Crippen LogP contribution is -2.48. The van der Waals surface area contributed by atoms with Gasteiger partial charge in [-0.2, -0.15) is 0 Å². The third kappa shape index (κ3) is 3.34. The van der Waals surface area contributed by atoms with E-state index in [9.17, 15) is 9.18 Å². The standard InChI is InChI=1S/C19H18ClFN2O3/c20-15-2-1-3-16(21)14(15)11-22-6-8-23(9-7-22)19(24)13-4-5-17-18(10-13)26-12-25-17/h1-5,10H,6-9,11-12H2. The van der Waals surface area contributed by atoms with Crippen molar-refractivity contribution in [2.24, 2.45) is 0 Å². The third-order valence-electron chi connectivity index (χ3n) is 4.72. The first-order valence-corrected chi connectivity index (χ1v) is 8.84. The normalized spacial score (nSPS) is 16.8. The predicted molar refractivity (Wildman–Crippen MR) is 95.2 cm³/mol. The lowest BCUT2D eigenvalue weighted by atomic mass is 10.1. The van der Waals surface area contributed by atoms with Gasteiger partial charge in [0, 0.05) is 48.9 Å². The summed E-state index contributed by atoms with van der Waals surface area (Å²) in [5.74, 6) is 0.931. The molecule has 0 aliphatic carbocycles. The molecule has 1 saturated heterocycles. The summed E-state index contributed by atoms with van der Waals surface area (Å²) in [5, 5.41) is 0.434. The Morgan fingerprint density at radius 1 is 1.08 bits per heavy atom. The summed E-state index contributed by atoms with van der Waals surface area (Å²) in [5.41, 5.74) is 1.09. The molecule has 0 N–H and O–H groups in total. The molecule has 0 spiro atoms. The molecule has 0 saturated carbocycles. The van der Waals surface area contributed by atoms with E-state index in [-0.39, 0.29) is 18.5 Å². The summed E-state index contributed by atoms with van der Waals surface area (Å²) in [7, 11) is 0. The van der Waals surface area contributed by atoms with Crippen molar-refractivity contribution < 1.29 is 18.7 Å². The van der Waals surface area contributed by atoms with E-state index in [1.165, 1.54) is 6.07 Å². The average Bonchev–Trinajstić information content (AvgIpc) is 3.12. The number of hydrogen-bond donors (Lipinski definition) is 0. The van der Waals surface area contributed by atoms with Crippen molar-refractivity contribution >= 4 is 17.5 Å². The molecule has 2 aliphatic rings. The van der Waals surface area contributed by atoms with Crippen LogP contribution < -0.4 is 9.47 Å². The Balaban J connectivity index is 1.38. The molecule has 0 aromatic heterocycles. The number of piperazine rings is 1. The number of benzene rings is 2. The summed E-state index contributed by atoms with van der Waals surface area (Å²) in [6.45, 7) is 3.13. The van der Waals surface area contributed by atoms with E-state index in [0.717, 1.165) is 0 Å². The number of rotatable bonds is 3. The number of ether oxygens (including phenoxy) is 2. The number of carbonyl (C=O) groups is 1. The highest BCUT2D eigenvalue weighted by Gasteiger charge is 2.25. The molecule has 5 nitrogen and oxygen atoms in total. The molecule has 1 amide bonds. The van der Waals surface area contributed by atoms with Crippen molar-refractivity contribution in [3.63, 3.8) is 0 Å². The fraction of sp³-hybridized carbons (Fsp3) is 0.316. The Hall–Kier alpha value is -2.31. The van der Waals surface area contributed by atoms with E-state index >= 15 is 0 Å². The van der Waals surface area contributed by atoms with Gasteiger partial charge < -0.3 is 14.4 Å². The van der Waals surface area contributed by atoms with Crippen molar-refractivity contribution in [1.29, 1.82) is 0 Å². The third-order valence-corrected chi connectivity index (χ3v) is 5.08. The lowest BCUT2D eigenvalue weighted by molar-refractivity contribution is 0.0626. The zero-order chi connectivity index (χ0) is 18.1. The molecular weight excluding hydrogens is 359 g/mol. The monoisotopic (exact) mass is 376 g/mol. The second-order valence-electron chi connectivity index (χ2n) is 6.34. The number of fused-ring (bicyclic) bond motifs is 1. The van der Waals surface area contributed by atoms with Gasteiger partial charge in [-0.25, -0.2) is 4.39 Å². The summed E-state index contributed by atoms with van der Waals surface area (Å²) in [6, 6.07) is 9.94. The molecule has 1 fully saturated rings. The molecule has 2 aliphatic heterocycles. The lowest BCUT2D eigenvalue weighted by Gasteiger charge is -2.35. The zero-order valence-electron chi connectivity index (χ0n) is 14.1. The van der Waals surface area contributed by atoms with Gasteiger partial charge in [0.05, 0.1) is 0 Å². The van der Waals surface area contributed by atoms with Crippen LogP contribution in [0.15, 0.2) is 36.4 Å². The molecular formula is C19H18ClFN2O3. The maximum absolute atomic E-state index is 13.9. The van der Waals surface area contributed by atoms with E-state index < -0.39 is 0 Å². The number of halogens is 2. The van der Waals surface area contributed by atoms with Crippen molar-refractivity contribution in [2.75, 3.05) is 33.0 Å². The Morgan fingerprint density at radius 3 is 2.62 bits per heavy atom. The number of amides is 1. The van der Waals surface area contributed by atoms with Crippen LogP contribution in [0.25, 0.3) is 0 Å². The minimum absolute atomic E-state index is 0.0353. The van der Waals surface area contributed by atoms with Crippen molar-refractivity contribution in [1.82, 2.24) is 9.80 Å². The maximum Gasteiger partial charge on any atom is 0.254 e. The second-order valence-corrected chi connectivity index (χ2v) is 6.74. The Kier molecular flexibility index (Phi) is 4.70. The molecule has 0 unspecified atom stereocenters. The summed E-state index contributed by atoms with van der Waals surface area (Å²) < 4.78 is 24.5. The molecule has 26 heavy (non-hydrogen) atoms. The fourth-order valence-electron chi connectivity index (χ4n) is 3.23. The van der Waals surface area contributed by atoms with Gasteiger partial charge >= 0.3 is 0 Å². The van der Waals surface area contributed by atoms with E-state index in [1.807, 2.05) is 0 Å². The highest BCUT2D eigenvalue weighted by molar-refractivity contribution is 6.31. The van der Waals surface area contributed by atoms with Crippen LogP contribution in [0, 0.1) is 5.82 Å². The summed E-state index contributed by atoms with van der Waals surface area (Å²) in [4.78, 5) is 16.6. The second kappa shape index (κ2) is 7.13. The first-order chi connectivity index (χ1) is 12.6. The molecule has 0 radical (unpaired) electrons. The average molecular weight is 377 g/mol. The minimum Gasteiger partial charge on any atom is -0.454 e. The van der Waals surface area contributed by atoms with Crippen LogP contribution in [-0.4, -0.2) is 48.7 Å². The maximum atomic E-state index is 13.9. The van der Waals surface area contributed by atoms with Crippen LogP contribution in [-0.2, 0) is 6.54 Å². The van der Waals surface area contributed by atoms with Gasteiger partial charge in [0.15, 0.2) is 11.5 Å². The smallest absolute Gasteiger partial charge is 0.254 e. The summed E-state index contributed by atoms with van der Waals surface area (Å²) in [6.07, 6.45) is 0. The molecule has 7 heteroatoms. The van der Waals surface area contributed by atoms with E-state index in [4.69, 9.17) is 21.1 Å². The van der Waals surface area contributed by atoms with Crippen LogP contribution in [0.3, 0.4) is 0 Å². The first-order valence-electron chi connectivity index (χ1n) is 8.46. The highest BCUT2D eigenvalue weighted by atomic mass is 35.5. The van der Waals surface area contributed by atoms with E-state index in [1.54, 1.807) is 35.2 Å². The van der Waals surface area contributed by atoms with E-state index in [0.29, 0.717) is 60.4 Å². The first kappa shape index (κ1) is 17.1. The summed E-state index contributed by atoms with van der Waals surface area (Å²) >= 11 is 6.10. The van der Waals surface area contributed by atoms with Crippen LogP contribution in [0.1, 0.15) is 15.9 Å². The minimum atomic E-state index is -0.295. The van der Waals surface area contributed by atoms with Crippen LogP contribution in [0.2, 0.25) is 5.02 Å². The zero-order valence-corrected chi connectivity index (χ0v) is 14.8. The van der Waals surface area contributed by atoms with Gasteiger partial charge in [-0.15, -0.1) is 0 Å². The predicted octanol–water partition coefficient (Wildman–Crippen LogP) is 3.17. The number of carbonyl (C=O) groups excluding carboxylic acids is 1. The number of nitrogens with zero attached hydrogens (tertiary/aromatic N) is 2. The number of hydrogen-bond acceptors (Lipinski definition) is 4. The molecule has 2 aromatic rings. The quantitative estimate of drug-likeness (QED) is 0.825. The van der Waals surface area contributed by atoms with E-state index in [2.05, 4.69) is 4.90 Å². The van der Waals surface area contributed by atoms with Gasteiger partial charge in [-0.1, -0.05) is 17.7 Å². The molecule has 2 aromatic carbocycles. The Labute approximate surface area is 155 Å². The van der Waals surface area contributed by atoms with Gasteiger partial charge in [0.1, 0.15) is 5.82 Å². The Morgan fingerprint density at radius 2 is 1.85 bits per heavy atom. The van der Waals surface area contributed by atoms with Crippen LogP contribution in [0.4, 0.5) is 4.39 Å². The molecule has 0 atom stereocenters. The highest BCUT2D eigenvalue weighted by Crippen LogP contribution is 2.33. The largest absolute Gasteiger partial charge is 0.454 e. The van der Waals surface area contributed by atoms with Crippen LogP contribution >= 0.6 is 11.6 Å². The van der Waals surface area contributed by atoms with Gasteiger partial charge in [0.2, 0.25) is 6.79 Å². The van der Waals surface area contributed by atoms with Gasteiger partial charge in [0.25, 0.3) is 5.91 Å². The van der Waals surface area contributed by atoms with Gasteiger partial charge in [-0.05, 0) is 30.3 Å². The Bertz CT molecular complexity index is 817. The molecule has 4 rings (SSSR count). The van der Waals surface area contributed by atoms with Crippen molar-refractivity contribution in [3.8, 4) is 11.5 Å². The van der Waals surface area contributed by atoms with Gasteiger partial charge in [-0.3, -0.25) is 9.69 Å². The topological polar surface area (TPSA) is 42.0 Å². The SMILES string of the molecule is O=C(c1ccc2c(c1)OCO2)N1CCN(Cc2c(F)cccc2Cl)CC1. The molecule has 136 valence electrons.